The number of halogens is 2. The molecule has 0 aliphatic rings. The fourth-order valence-corrected chi connectivity index (χ4v) is 1.86. The topological polar surface area (TPSA) is 46.5 Å². The second kappa shape index (κ2) is 5.95. The van der Waals surface area contributed by atoms with E-state index in [0.29, 0.717) is 21.4 Å². The van der Waals surface area contributed by atoms with Gasteiger partial charge in [-0.3, -0.25) is 0 Å². The predicted octanol–water partition coefficient (Wildman–Crippen LogP) is 4.20. The van der Waals surface area contributed by atoms with Crippen LogP contribution in [-0.2, 0) is 4.79 Å². The fourth-order valence-electron chi connectivity index (χ4n) is 1.58. The number of benzene rings is 2. The number of aliphatic carboxylic acids is 1. The summed E-state index contributed by atoms with van der Waals surface area (Å²) in [5.41, 5.74) is 0.557. The first kappa shape index (κ1) is 13.7. The Hall–Kier alpha value is -1.71. The van der Waals surface area contributed by atoms with E-state index in [1.165, 1.54) is 6.07 Å². The van der Waals surface area contributed by atoms with E-state index in [-0.39, 0.29) is 0 Å². The molecule has 0 fully saturated rings. The molecular weight excluding hydrogens is 287 g/mol. The normalized spacial score (nSPS) is 11.9. The van der Waals surface area contributed by atoms with Gasteiger partial charge < -0.3 is 9.84 Å². The highest BCUT2D eigenvalue weighted by atomic mass is 35.5. The molecule has 19 heavy (non-hydrogen) atoms. The lowest BCUT2D eigenvalue weighted by Crippen LogP contribution is -2.18. The molecule has 0 spiro atoms. The third kappa shape index (κ3) is 3.40. The van der Waals surface area contributed by atoms with Crippen LogP contribution in [0.15, 0.2) is 48.5 Å². The summed E-state index contributed by atoms with van der Waals surface area (Å²) in [6, 6.07) is 13.3. The number of carboxylic acids is 1. The average Bonchev–Trinajstić information content (AvgIpc) is 2.40. The Kier molecular flexibility index (Phi) is 4.30. The van der Waals surface area contributed by atoms with Crippen LogP contribution in [0.1, 0.15) is 11.7 Å². The van der Waals surface area contributed by atoms with E-state index in [4.69, 9.17) is 27.9 Å². The van der Waals surface area contributed by atoms with Gasteiger partial charge in [-0.05, 0) is 12.1 Å². The molecule has 2 aromatic rings. The second-order valence-electron chi connectivity index (χ2n) is 3.82. The number of carbonyl (C=O) groups is 1. The third-order valence-corrected chi connectivity index (χ3v) is 3.21. The summed E-state index contributed by atoms with van der Waals surface area (Å²) in [6.07, 6.45) is -1.08. The van der Waals surface area contributed by atoms with Gasteiger partial charge >= 0.3 is 5.97 Å². The second-order valence-corrected chi connectivity index (χ2v) is 4.64. The van der Waals surface area contributed by atoms with E-state index in [0.717, 1.165) is 0 Å². The summed E-state index contributed by atoms with van der Waals surface area (Å²) in [5.74, 6) is -0.720. The summed E-state index contributed by atoms with van der Waals surface area (Å²) in [4.78, 5) is 11.3. The maximum absolute atomic E-state index is 11.3. The van der Waals surface area contributed by atoms with Crippen molar-refractivity contribution in [2.24, 2.45) is 0 Å². The summed E-state index contributed by atoms with van der Waals surface area (Å²) in [6.45, 7) is 0. The molecule has 0 aliphatic carbocycles. The van der Waals surface area contributed by atoms with Crippen molar-refractivity contribution < 1.29 is 14.6 Å². The monoisotopic (exact) mass is 296 g/mol. The minimum atomic E-state index is -1.08. The van der Waals surface area contributed by atoms with Gasteiger partial charge in [0.25, 0.3) is 0 Å². The summed E-state index contributed by atoms with van der Waals surface area (Å²) in [7, 11) is 0. The van der Waals surface area contributed by atoms with Crippen LogP contribution in [0.2, 0.25) is 10.0 Å². The van der Waals surface area contributed by atoms with Crippen LogP contribution in [0.3, 0.4) is 0 Å². The van der Waals surface area contributed by atoms with Crippen LogP contribution in [-0.4, -0.2) is 11.1 Å². The molecular formula is C14H10Cl2O3. The molecule has 1 atom stereocenters. The minimum absolute atomic E-state index is 0.316. The van der Waals surface area contributed by atoms with E-state index < -0.39 is 12.1 Å². The van der Waals surface area contributed by atoms with Crippen LogP contribution >= 0.6 is 23.2 Å². The van der Waals surface area contributed by atoms with Gasteiger partial charge in [-0.2, -0.15) is 0 Å². The quantitative estimate of drug-likeness (QED) is 0.920. The maximum Gasteiger partial charge on any atom is 0.349 e. The number of hydrogen-bond donors (Lipinski definition) is 1. The number of rotatable bonds is 4. The summed E-state index contributed by atoms with van der Waals surface area (Å²) in [5, 5.41) is 9.93. The highest BCUT2D eigenvalue weighted by Crippen LogP contribution is 2.29. The molecule has 0 amide bonds. The molecule has 0 unspecified atom stereocenters. The van der Waals surface area contributed by atoms with Crippen molar-refractivity contribution in [3.8, 4) is 5.75 Å². The Morgan fingerprint density at radius 3 is 2.32 bits per heavy atom. The van der Waals surface area contributed by atoms with Crippen LogP contribution in [0.4, 0.5) is 0 Å². The lowest BCUT2D eigenvalue weighted by Gasteiger charge is -2.15. The number of carboxylic acid groups (broad SMARTS) is 1. The van der Waals surface area contributed by atoms with E-state index in [2.05, 4.69) is 0 Å². The van der Waals surface area contributed by atoms with Crippen molar-refractivity contribution in [3.05, 3.63) is 64.1 Å². The molecule has 98 valence electrons. The molecule has 1 N–H and O–H groups in total. The van der Waals surface area contributed by atoms with Crippen LogP contribution in [0.25, 0.3) is 0 Å². The highest BCUT2D eigenvalue weighted by Gasteiger charge is 2.21. The molecule has 0 heterocycles. The van der Waals surface area contributed by atoms with Crippen molar-refractivity contribution in [2.45, 2.75) is 6.10 Å². The van der Waals surface area contributed by atoms with Crippen LogP contribution < -0.4 is 4.74 Å². The van der Waals surface area contributed by atoms with Crippen LogP contribution in [0, 0.1) is 0 Å². The number of ether oxygens (including phenoxy) is 1. The van der Waals surface area contributed by atoms with Gasteiger partial charge in [-0.25, -0.2) is 4.79 Å². The van der Waals surface area contributed by atoms with Gasteiger partial charge in [0, 0.05) is 11.6 Å². The van der Waals surface area contributed by atoms with E-state index in [9.17, 15) is 9.90 Å². The number of hydrogen-bond acceptors (Lipinski definition) is 2. The van der Waals surface area contributed by atoms with E-state index in [1.54, 1.807) is 36.4 Å². The Morgan fingerprint density at radius 1 is 1.05 bits per heavy atom. The van der Waals surface area contributed by atoms with Crippen LogP contribution in [0.5, 0.6) is 5.75 Å². The third-order valence-electron chi connectivity index (χ3n) is 2.47. The zero-order valence-electron chi connectivity index (χ0n) is 9.72. The SMILES string of the molecule is O=C(O)[C@@H](Oc1ccc(Cl)c(Cl)c1)c1ccccc1. The zero-order chi connectivity index (χ0) is 13.8. The Morgan fingerprint density at radius 2 is 1.74 bits per heavy atom. The zero-order valence-corrected chi connectivity index (χ0v) is 11.2. The molecule has 0 radical (unpaired) electrons. The first-order valence-electron chi connectivity index (χ1n) is 5.47. The molecule has 0 saturated heterocycles. The first-order chi connectivity index (χ1) is 9.08. The molecule has 0 saturated carbocycles. The summed E-state index contributed by atoms with van der Waals surface area (Å²) >= 11 is 11.7. The highest BCUT2D eigenvalue weighted by molar-refractivity contribution is 6.42. The predicted molar refractivity (Wildman–Crippen MR) is 73.9 cm³/mol. The molecule has 0 aromatic heterocycles. The summed E-state index contributed by atoms with van der Waals surface area (Å²) < 4.78 is 5.46. The Bertz CT molecular complexity index is 584. The van der Waals surface area contributed by atoms with E-state index >= 15 is 0 Å². The van der Waals surface area contributed by atoms with Gasteiger partial charge in [-0.1, -0.05) is 53.5 Å². The van der Waals surface area contributed by atoms with Gasteiger partial charge in [-0.15, -0.1) is 0 Å². The van der Waals surface area contributed by atoms with E-state index in [1.807, 2.05) is 6.07 Å². The molecule has 3 nitrogen and oxygen atoms in total. The fraction of sp³-hybridized carbons (Fsp3) is 0.0714. The standard InChI is InChI=1S/C14H10Cl2O3/c15-11-7-6-10(8-12(11)16)19-13(14(17)18)9-4-2-1-3-5-9/h1-8,13H,(H,17,18)/t13-/m0/s1. The molecule has 0 aliphatic heterocycles. The molecule has 0 bridgehead atoms. The average molecular weight is 297 g/mol. The molecule has 5 heteroatoms. The largest absolute Gasteiger partial charge is 0.478 e. The van der Waals surface area contributed by atoms with Gasteiger partial charge in [0.1, 0.15) is 5.75 Å². The Labute approximate surface area is 120 Å². The van der Waals surface area contributed by atoms with Gasteiger partial charge in [0.15, 0.2) is 0 Å². The first-order valence-corrected chi connectivity index (χ1v) is 6.23. The lowest BCUT2D eigenvalue weighted by molar-refractivity contribution is -0.145. The Balaban J connectivity index is 2.27. The smallest absolute Gasteiger partial charge is 0.349 e. The molecule has 2 rings (SSSR count). The van der Waals surface area contributed by atoms with Crippen molar-refractivity contribution >= 4 is 29.2 Å². The lowest BCUT2D eigenvalue weighted by atomic mass is 10.1. The van der Waals surface area contributed by atoms with Crippen molar-refractivity contribution in [1.29, 1.82) is 0 Å². The molecule has 2 aromatic carbocycles. The minimum Gasteiger partial charge on any atom is -0.478 e. The van der Waals surface area contributed by atoms with Gasteiger partial charge in [0.05, 0.1) is 10.0 Å². The van der Waals surface area contributed by atoms with Gasteiger partial charge in [0.2, 0.25) is 6.10 Å². The maximum atomic E-state index is 11.3. The van der Waals surface area contributed by atoms with Crippen molar-refractivity contribution in [1.82, 2.24) is 0 Å². The van der Waals surface area contributed by atoms with Crippen molar-refractivity contribution in [2.75, 3.05) is 0 Å². The van der Waals surface area contributed by atoms with Crippen molar-refractivity contribution in [3.63, 3.8) is 0 Å².